The van der Waals surface area contributed by atoms with Crippen molar-refractivity contribution in [3.8, 4) is 11.5 Å². The van der Waals surface area contributed by atoms with Crippen molar-refractivity contribution in [2.45, 2.75) is 87.7 Å². The maximum absolute atomic E-state index is 11.8. The number of carbonyl (C=O) groups is 4. The van der Waals surface area contributed by atoms with Crippen LogP contribution in [0.5, 0.6) is 11.5 Å². The zero-order valence-electron chi connectivity index (χ0n) is 40.1. The lowest BCUT2D eigenvalue weighted by molar-refractivity contribution is -0.145. The fourth-order valence-corrected chi connectivity index (χ4v) is 9.41. The number of aliphatic hydroxyl groups is 1. The molecule has 3 atom stereocenters. The molecule has 2 fully saturated rings. The molecule has 7 rings (SSSR count). The van der Waals surface area contributed by atoms with Gasteiger partial charge in [-0.05, 0) is 133 Å². The Hall–Kier alpha value is -5.67. The van der Waals surface area contributed by atoms with Crippen molar-refractivity contribution in [3.63, 3.8) is 0 Å². The number of phenolic OH excluding ortho intramolecular Hbond substituents is 1. The molecule has 3 aliphatic rings. The fourth-order valence-electron chi connectivity index (χ4n) is 8.31. The SMILES string of the molecule is C=CCC1(CC(C)C)C(=O)NC(=O)NC1=O.CC(=O)Nc1ccc(O)cc1.CC(CN1c2ccccc2Sc2ccccc21)N(C)C.COc1cccc([C@@]2(O)CCCC[C@@H]2CN(C)C)c1. The van der Waals surface area contributed by atoms with E-state index in [0.29, 0.717) is 24.1 Å². The first-order valence-corrected chi connectivity index (χ1v) is 23.3. The number of para-hydroxylation sites is 2. The number of barbiturate groups is 1. The Bertz CT molecular complexity index is 2180. The van der Waals surface area contributed by atoms with Crippen LogP contribution in [-0.4, -0.2) is 98.2 Å². The molecule has 1 aliphatic carbocycles. The first kappa shape index (κ1) is 52.9. The van der Waals surface area contributed by atoms with Gasteiger partial charge in [-0.1, -0.05) is 80.9 Å². The van der Waals surface area contributed by atoms with E-state index in [1.807, 2.05) is 49.9 Å². The Morgan fingerprint density at radius 2 is 1.50 bits per heavy atom. The number of ether oxygens (including phenoxy) is 1. The van der Waals surface area contributed by atoms with Crippen LogP contribution in [0.25, 0.3) is 0 Å². The number of phenols is 1. The van der Waals surface area contributed by atoms with Crippen LogP contribution >= 0.6 is 11.8 Å². The highest BCUT2D eigenvalue weighted by Crippen LogP contribution is 2.48. The number of nitrogens with zero attached hydrogens (tertiary/aromatic N) is 3. The van der Waals surface area contributed by atoms with E-state index in [1.165, 1.54) is 52.7 Å². The number of anilines is 3. The smallest absolute Gasteiger partial charge is 0.328 e. The van der Waals surface area contributed by atoms with Gasteiger partial charge in [0.1, 0.15) is 16.9 Å². The van der Waals surface area contributed by atoms with E-state index >= 15 is 0 Å². The average Bonchev–Trinajstić information content (AvgIpc) is 3.27. The molecular formula is C52H70N6O7S. The summed E-state index contributed by atoms with van der Waals surface area (Å²) in [6.07, 6.45) is 6.39. The van der Waals surface area contributed by atoms with Gasteiger partial charge in [-0.3, -0.25) is 25.0 Å². The molecule has 2 aliphatic heterocycles. The fraction of sp³-hybridized carbons (Fsp3) is 0.423. The molecule has 14 heteroatoms. The van der Waals surface area contributed by atoms with Gasteiger partial charge >= 0.3 is 6.03 Å². The van der Waals surface area contributed by atoms with E-state index in [4.69, 9.17) is 9.84 Å². The molecule has 0 bridgehead atoms. The summed E-state index contributed by atoms with van der Waals surface area (Å²) in [4.78, 5) is 54.7. The third-order valence-corrected chi connectivity index (χ3v) is 12.9. The maximum atomic E-state index is 11.8. The molecule has 4 aromatic rings. The van der Waals surface area contributed by atoms with Crippen molar-refractivity contribution >= 4 is 52.6 Å². The van der Waals surface area contributed by atoms with E-state index in [0.717, 1.165) is 43.7 Å². The Morgan fingerprint density at radius 1 is 0.909 bits per heavy atom. The van der Waals surface area contributed by atoms with Gasteiger partial charge < -0.3 is 35.0 Å². The summed E-state index contributed by atoms with van der Waals surface area (Å²) in [7, 11) is 10.1. The Balaban J connectivity index is 0.000000196. The predicted octanol–water partition coefficient (Wildman–Crippen LogP) is 9.19. The summed E-state index contributed by atoms with van der Waals surface area (Å²) in [5, 5.41) is 26.9. The minimum Gasteiger partial charge on any atom is -0.508 e. The first-order chi connectivity index (χ1) is 31.3. The average molecular weight is 923 g/mol. The number of fused-ring (bicyclic) bond motifs is 2. The van der Waals surface area contributed by atoms with Crippen molar-refractivity contribution < 1.29 is 34.1 Å². The lowest BCUT2D eigenvalue weighted by atomic mass is 9.71. The van der Waals surface area contributed by atoms with Crippen molar-refractivity contribution in [1.82, 2.24) is 20.4 Å². The van der Waals surface area contributed by atoms with E-state index in [-0.39, 0.29) is 24.0 Å². The number of benzene rings is 4. The first-order valence-electron chi connectivity index (χ1n) is 22.5. The molecule has 0 spiro atoms. The van der Waals surface area contributed by atoms with E-state index in [1.54, 1.807) is 19.2 Å². The molecule has 1 saturated heterocycles. The molecule has 5 amide bonds. The minimum absolute atomic E-state index is 0.115. The number of urea groups is 1. The van der Waals surface area contributed by atoms with Crippen LogP contribution in [0.2, 0.25) is 0 Å². The number of aromatic hydroxyl groups is 1. The second-order valence-corrected chi connectivity index (χ2v) is 19.0. The third kappa shape index (κ3) is 14.4. The number of rotatable bonds is 12. The lowest BCUT2D eigenvalue weighted by Gasteiger charge is -2.41. The molecule has 1 unspecified atom stereocenters. The van der Waals surface area contributed by atoms with Crippen LogP contribution in [-0.2, 0) is 20.0 Å². The molecule has 13 nitrogen and oxygen atoms in total. The topological polar surface area (TPSA) is 164 Å². The molecule has 4 aromatic carbocycles. The highest BCUT2D eigenvalue weighted by molar-refractivity contribution is 7.99. The highest BCUT2D eigenvalue weighted by Gasteiger charge is 2.49. The van der Waals surface area contributed by atoms with Gasteiger partial charge in [0, 0.05) is 47.5 Å². The number of allylic oxidation sites excluding steroid dienone is 1. The summed E-state index contributed by atoms with van der Waals surface area (Å²) in [5.41, 5.74) is 2.43. The molecule has 0 aromatic heterocycles. The third-order valence-electron chi connectivity index (χ3n) is 11.8. The number of methoxy groups -OCH3 is 1. The van der Waals surface area contributed by atoms with E-state index in [2.05, 4.69) is 121 Å². The van der Waals surface area contributed by atoms with Crippen LogP contribution in [0.4, 0.5) is 21.9 Å². The number of nitrogens with one attached hydrogen (secondary N) is 3. The second kappa shape index (κ2) is 24.7. The molecular weight excluding hydrogens is 853 g/mol. The van der Waals surface area contributed by atoms with Gasteiger partial charge in [0.2, 0.25) is 17.7 Å². The van der Waals surface area contributed by atoms with Crippen LogP contribution in [0.1, 0.15) is 71.8 Å². The van der Waals surface area contributed by atoms with Crippen molar-refractivity contribution in [2.75, 3.05) is 58.6 Å². The predicted molar refractivity (Wildman–Crippen MR) is 265 cm³/mol. The van der Waals surface area contributed by atoms with Gasteiger partial charge in [-0.15, -0.1) is 6.58 Å². The van der Waals surface area contributed by atoms with Gasteiger partial charge in [-0.25, -0.2) is 4.79 Å². The highest BCUT2D eigenvalue weighted by atomic mass is 32.2. The van der Waals surface area contributed by atoms with Crippen LogP contribution in [0.3, 0.4) is 0 Å². The summed E-state index contributed by atoms with van der Waals surface area (Å²) in [6.45, 7) is 13.0. The number of hydrogen-bond donors (Lipinski definition) is 5. The summed E-state index contributed by atoms with van der Waals surface area (Å²) >= 11 is 1.87. The van der Waals surface area contributed by atoms with Gasteiger partial charge in [0.15, 0.2) is 0 Å². The maximum Gasteiger partial charge on any atom is 0.328 e. The number of amides is 5. The zero-order chi connectivity index (χ0) is 48.6. The molecule has 2 heterocycles. The summed E-state index contributed by atoms with van der Waals surface area (Å²) in [5.74, 6) is 0.299. The number of imide groups is 2. The van der Waals surface area contributed by atoms with Gasteiger partial charge in [0.05, 0.1) is 24.1 Å². The second-order valence-electron chi connectivity index (χ2n) is 18.0. The molecule has 1 saturated carbocycles. The molecule has 5 N–H and O–H groups in total. The van der Waals surface area contributed by atoms with Crippen LogP contribution in [0.15, 0.2) is 120 Å². The Labute approximate surface area is 396 Å². The summed E-state index contributed by atoms with van der Waals surface area (Å²) < 4.78 is 5.29. The lowest BCUT2D eigenvalue weighted by Crippen LogP contribution is -2.62. The van der Waals surface area contributed by atoms with Crippen molar-refractivity contribution in [1.29, 1.82) is 0 Å². The summed E-state index contributed by atoms with van der Waals surface area (Å²) in [6, 6.07) is 31.3. The molecule has 356 valence electrons. The van der Waals surface area contributed by atoms with Crippen LogP contribution in [0, 0.1) is 17.3 Å². The van der Waals surface area contributed by atoms with E-state index < -0.39 is 28.9 Å². The quantitative estimate of drug-likeness (QED) is 0.0523. The zero-order valence-corrected chi connectivity index (χ0v) is 40.9. The number of likely N-dealkylation sites (N-methyl/N-ethyl adjacent to an activating group) is 1. The van der Waals surface area contributed by atoms with Gasteiger partial charge in [0.25, 0.3) is 0 Å². The van der Waals surface area contributed by atoms with Crippen molar-refractivity contribution in [3.05, 3.63) is 115 Å². The Kier molecular flexibility index (Phi) is 19.8. The molecule has 66 heavy (non-hydrogen) atoms. The van der Waals surface area contributed by atoms with Gasteiger partial charge in [-0.2, -0.15) is 0 Å². The monoisotopic (exact) mass is 923 g/mol. The normalized spacial score (nSPS) is 18.7. The molecule has 0 radical (unpaired) electrons. The van der Waals surface area contributed by atoms with Crippen LogP contribution < -0.4 is 25.6 Å². The van der Waals surface area contributed by atoms with E-state index in [9.17, 15) is 24.3 Å². The van der Waals surface area contributed by atoms with Crippen molar-refractivity contribution in [2.24, 2.45) is 17.3 Å². The Morgan fingerprint density at radius 3 is 2.02 bits per heavy atom. The standard InChI is InChI=1S/C17H20N2S.C16H25NO2.C11H16N2O3.C8H9NO2/c1-13(18(2)3)12-19-14-8-4-6-10-16(14)20-17-11-7-5-9-15(17)19;1-17(2)12-14-7-4-5-10-16(14,18)13-8-6-9-15(11-13)19-3;1-4-5-11(6-7(2)3)8(14)12-10(16)13-9(11)15;1-6(10)9-7-2-4-8(11)5-3-7/h4-11,13H,12H2,1-3H3;6,8-9,11,14,18H,4-5,7,10,12H2,1-3H3;4,7H,1,5-6H2,2-3H3,(H2,12,13,14,15,16);2-5,11H,1H3,(H,9,10)/t;14-,16+;;/m.1../s1. The minimum atomic E-state index is -1.19. The number of carbonyl (C=O) groups excluding carboxylic acids is 4. The largest absolute Gasteiger partial charge is 0.508 e. The number of hydrogen-bond acceptors (Lipinski definition) is 11.